The second-order valence-corrected chi connectivity index (χ2v) is 4.21. The van der Waals surface area contributed by atoms with Crippen molar-refractivity contribution in [2.45, 2.75) is 45.1 Å². The highest BCUT2D eigenvalue weighted by Gasteiger charge is 1.95. The Morgan fingerprint density at radius 2 is 1.94 bits per heavy atom. The summed E-state index contributed by atoms with van der Waals surface area (Å²) >= 11 is 0. The highest BCUT2D eigenvalue weighted by Crippen LogP contribution is 2.01. The van der Waals surface area contributed by atoms with Gasteiger partial charge in [-0.25, -0.2) is 0 Å². The fourth-order valence-electron chi connectivity index (χ4n) is 1.55. The van der Waals surface area contributed by atoms with Crippen LogP contribution in [0.1, 0.15) is 38.2 Å². The molecule has 1 heteroatoms. The molecule has 0 saturated carbocycles. The summed E-state index contributed by atoms with van der Waals surface area (Å²) in [6, 6.07) is 10.3. The maximum absolute atomic E-state index is 9.47. The standard InChI is InChI=1S/C17H20O/c1-2-3-14-17(18)15-10-5-4-7-11-16-12-8-6-9-13-16/h6,8-9,12-13,17-18H,2-3,7,11,14H2,1H3/t17-/m1/s1. The van der Waals surface area contributed by atoms with E-state index in [1.807, 2.05) is 18.2 Å². The van der Waals surface area contributed by atoms with Gasteiger partial charge in [0.15, 0.2) is 0 Å². The highest BCUT2D eigenvalue weighted by molar-refractivity contribution is 5.27. The molecule has 1 aromatic carbocycles. The van der Waals surface area contributed by atoms with Crippen LogP contribution in [-0.2, 0) is 6.42 Å². The van der Waals surface area contributed by atoms with E-state index in [4.69, 9.17) is 0 Å². The van der Waals surface area contributed by atoms with Crippen molar-refractivity contribution in [3.63, 3.8) is 0 Å². The molecule has 0 radical (unpaired) electrons. The minimum Gasteiger partial charge on any atom is -0.380 e. The largest absolute Gasteiger partial charge is 0.380 e. The number of aliphatic hydroxyl groups is 1. The van der Waals surface area contributed by atoms with Crippen molar-refractivity contribution in [2.75, 3.05) is 0 Å². The van der Waals surface area contributed by atoms with Crippen LogP contribution in [0, 0.1) is 23.7 Å². The Labute approximate surface area is 110 Å². The molecule has 1 nitrogen and oxygen atoms in total. The summed E-state index contributed by atoms with van der Waals surface area (Å²) in [5, 5.41) is 9.47. The van der Waals surface area contributed by atoms with Gasteiger partial charge in [0.05, 0.1) is 0 Å². The SMILES string of the molecule is CCCC[C@@H](O)C#CC#CCCc1ccccc1. The van der Waals surface area contributed by atoms with E-state index in [2.05, 4.69) is 42.7 Å². The van der Waals surface area contributed by atoms with Gasteiger partial charge in [0.2, 0.25) is 0 Å². The molecule has 0 saturated heterocycles. The van der Waals surface area contributed by atoms with Crippen LogP contribution in [-0.4, -0.2) is 11.2 Å². The van der Waals surface area contributed by atoms with E-state index >= 15 is 0 Å². The normalized spacial score (nSPS) is 10.8. The van der Waals surface area contributed by atoms with Gasteiger partial charge in [-0.3, -0.25) is 0 Å². The molecule has 0 unspecified atom stereocenters. The second-order valence-electron chi connectivity index (χ2n) is 4.21. The smallest absolute Gasteiger partial charge is 0.115 e. The minimum atomic E-state index is -0.520. The van der Waals surface area contributed by atoms with Crippen LogP contribution in [0.25, 0.3) is 0 Å². The van der Waals surface area contributed by atoms with E-state index in [0.717, 1.165) is 32.1 Å². The van der Waals surface area contributed by atoms with Crippen LogP contribution < -0.4 is 0 Å². The fraction of sp³-hybridized carbons (Fsp3) is 0.412. The Morgan fingerprint density at radius 3 is 2.67 bits per heavy atom. The van der Waals surface area contributed by atoms with Gasteiger partial charge in [-0.2, -0.15) is 0 Å². The molecular formula is C17H20O. The first-order valence-electron chi connectivity index (χ1n) is 6.53. The van der Waals surface area contributed by atoms with Gasteiger partial charge in [-0.1, -0.05) is 61.9 Å². The summed E-state index contributed by atoms with van der Waals surface area (Å²) < 4.78 is 0. The van der Waals surface area contributed by atoms with Gasteiger partial charge < -0.3 is 5.11 Å². The average molecular weight is 240 g/mol. The molecule has 1 atom stereocenters. The van der Waals surface area contributed by atoms with Gasteiger partial charge in [0.1, 0.15) is 6.10 Å². The molecule has 1 aromatic rings. The topological polar surface area (TPSA) is 20.2 Å². The van der Waals surface area contributed by atoms with Gasteiger partial charge in [-0.15, -0.1) is 0 Å². The van der Waals surface area contributed by atoms with Crippen molar-refractivity contribution in [1.82, 2.24) is 0 Å². The van der Waals surface area contributed by atoms with Gasteiger partial charge in [0.25, 0.3) is 0 Å². The molecule has 0 heterocycles. The van der Waals surface area contributed by atoms with E-state index in [1.54, 1.807) is 0 Å². The second kappa shape index (κ2) is 9.34. The zero-order chi connectivity index (χ0) is 13.1. The van der Waals surface area contributed by atoms with Crippen LogP contribution in [0.15, 0.2) is 30.3 Å². The van der Waals surface area contributed by atoms with Crippen molar-refractivity contribution in [2.24, 2.45) is 0 Å². The first-order valence-corrected chi connectivity index (χ1v) is 6.53. The Bertz CT molecular complexity index is 439. The lowest BCUT2D eigenvalue weighted by atomic mass is 10.1. The van der Waals surface area contributed by atoms with Gasteiger partial charge >= 0.3 is 0 Å². The van der Waals surface area contributed by atoms with Crippen LogP contribution in [0.3, 0.4) is 0 Å². The van der Waals surface area contributed by atoms with Gasteiger partial charge in [-0.05, 0) is 30.2 Å². The lowest BCUT2D eigenvalue weighted by molar-refractivity contribution is 0.218. The van der Waals surface area contributed by atoms with Crippen molar-refractivity contribution in [1.29, 1.82) is 0 Å². The van der Waals surface area contributed by atoms with E-state index in [0.29, 0.717) is 0 Å². The first-order chi connectivity index (χ1) is 8.83. The van der Waals surface area contributed by atoms with Crippen molar-refractivity contribution in [3.05, 3.63) is 35.9 Å². The Hall–Kier alpha value is -1.70. The molecule has 0 aliphatic rings. The molecule has 0 aliphatic carbocycles. The maximum atomic E-state index is 9.47. The molecule has 0 fully saturated rings. The number of benzene rings is 1. The lowest BCUT2D eigenvalue weighted by Crippen LogP contribution is -2.01. The van der Waals surface area contributed by atoms with E-state index in [1.165, 1.54) is 5.56 Å². The third kappa shape index (κ3) is 6.79. The molecule has 0 amide bonds. The molecule has 1 N–H and O–H groups in total. The zero-order valence-electron chi connectivity index (χ0n) is 10.9. The molecule has 0 spiro atoms. The number of unbranched alkanes of at least 4 members (excludes halogenated alkanes) is 1. The molecule has 0 aromatic heterocycles. The number of aliphatic hydroxyl groups excluding tert-OH is 1. The quantitative estimate of drug-likeness (QED) is 0.784. The first kappa shape index (κ1) is 14.4. The predicted molar refractivity (Wildman–Crippen MR) is 75.8 cm³/mol. The molecule has 94 valence electrons. The van der Waals surface area contributed by atoms with Gasteiger partial charge in [0, 0.05) is 6.42 Å². The molecule has 0 aliphatic heterocycles. The Kier molecular flexibility index (Phi) is 7.45. The van der Waals surface area contributed by atoms with Crippen molar-refractivity contribution < 1.29 is 5.11 Å². The summed E-state index contributed by atoms with van der Waals surface area (Å²) in [4.78, 5) is 0. The molecule has 0 bridgehead atoms. The Morgan fingerprint density at radius 1 is 1.17 bits per heavy atom. The van der Waals surface area contributed by atoms with Crippen LogP contribution in [0.2, 0.25) is 0 Å². The van der Waals surface area contributed by atoms with Crippen LogP contribution >= 0.6 is 0 Å². The number of hydrogen-bond acceptors (Lipinski definition) is 1. The van der Waals surface area contributed by atoms with Crippen molar-refractivity contribution in [3.8, 4) is 23.7 Å². The zero-order valence-corrected chi connectivity index (χ0v) is 10.9. The average Bonchev–Trinajstić information content (AvgIpc) is 2.41. The fourth-order valence-corrected chi connectivity index (χ4v) is 1.55. The summed E-state index contributed by atoms with van der Waals surface area (Å²) in [5.74, 6) is 11.3. The summed E-state index contributed by atoms with van der Waals surface area (Å²) in [6.07, 6.45) is 4.08. The number of rotatable bonds is 5. The van der Waals surface area contributed by atoms with Crippen LogP contribution in [0.5, 0.6) is 0 Å². The summed E-state index contributed by atoms with van der Waals surface area (Å²) in [7, 11) is 0. The van der Waals surface area contributed by atoms with Crippen LogP contribution in [0.4, 0.5) is 0 Å². The highest BCUT2D eigenvalue weighted by atomic mass is 16.3. The summed E-state index contributed by atoms with van der Waals surface area (Å²) in [6.45, 7) is 2.10. The third-order valence-electron chi connectivity index (χ3n) is 2.60. The lowest BCUT2D eigenvalue weighted by Gasteiger charge is -1.98. The van der Waals surface area contributed by atoms with E-state index < -0.39 is 6.10 Å². The molecular weight excluding hydrogens is 220 g/mol. The number of aryl methyl sites for hydroxylation is 1. The van der Waals surface area contributed by atoms with Crippen molar-refractivity contribution >= 4 is 0 Å². The summed E-state index contributed by atoms with van der Waals surface area (Å²) in [5.41, 5.74) is 1.29. The van der Waals surface area contributed by atoms with E-state index in [9.17, 15) is 5.11 Å². The molecule has 18 heavy (non-hydrogen) atoms. The predicted octanol–water partition coefficient (Wildman–Crippen LogP) is 3.18. The maximum Gasteiger partial charge on any atom is 0.115 e. The molecule has 1 rings (SSSR count). The Balaban J connectivity index is 2.24. The van der Waals surface area contributed by atoms with E-state index in [-0.39, 0.29) is 0 Å². The monoisotopic (exact) mass is 240 g/mol. The number of hydrogen-bond donors (Lipinski definition) is 1. The minimum absolute atomic E-state index is 0.520. The third-order valence-corrected chi connectivity index (χ3v) is 2.60.